The maximum Gasteiger partial charge on any atom is 0.127 e. The van der Waals surface area contributed by atoms with Crippen molar-refractivity contribution >= 4 is 0 Å². The van der Waals surface area contributed by atoms with Crippen molar-refractivity contribution in [2.75, 3.05) is 0 Å². The molecule has 28 heavy (non-hydrogen) atoms. The molecule has 4 aliphatic rings. The second-order valence-electron chi connectivity index (χ2n) is 8.90. The van der Waals surface area contributed by atoms with E-state index in [2.05, 4.69) is 0 Å². The third-order valence-corrected chi connectivity index (χ3v) is 6.37. The van der Waals surface area contributed by atoms with E-state index in [0.29, 0.717) is 29.8 Å². The average Bonchev–Trinajstić information content (AvgIpc) is 2.49. The summed E-state index contributed by atoms with van der Waals surface area (Å²) in [4.78, 5) is 0. The standard InChI is InChI=1S/C22H24O6/c23-15-2-16(24)5-19(4-15)27-21-8-13-1-14(9-21)11-22(10-13,12-21)28-20-6-17(25)3-18(26)7-20/h2-7,13-14,23-26H,1,8-12H2. The number of phenols is 4. The van der Waals surface area contributed by atoms with Crippen molar-refractivity contribution < 1.29 is 29.9 Å². The smallest absolute Gasteiger partial charge is 0.127 e. The van der Waals surface area contributed by atoms with Gasteiger partial charge in [0.2, 0.25) is 0 Å². The lowest BCUT2D eigenvalue weighted by Crippen LogP contribution is -2.63. The molecular weight excluding hydrogens is 360 g/mol. The fourth-order valence-corrected chi connectivity index (χ4v) is 6.09. The topological polar surface area (TPSA) is 99.4 Å². The van der Waals surface area contributed by atoms with Gasteiger partial charge in [0.15, 0.2) is 0 Å². The van der Waals surface area contributed by atoms with Gasteiger partial charge in [0.05, 0.1) is 0 Å². The molecule has 4 N–H and O–H groups in total. The molecule has 0 aromatic heterocycles. The third-order valence-electron chi connectivity index (χ3n) is 6.37. The van der Waals surface area contributed by atoms with E-state index in [-0.39, 0.29) is 23.0 Å². The van der Waals surface area contributed by atoms with Crippen molar-refractivity contribution in [1.82, 2.24) is 0 Å². The minimum Gasteiger partial charge on any atom is -0.508 e. The summed E-state index contributed by atoms with van der Waals surface area (Å²) < 4.78 is 12.8. The van der Waals surface area contributed by atoms with Crippen LogP contribution in [0.3, 0.4) is 0 Å². The molecule has 148 valence electrons. The number of ether oxygens (including phenoxy) is 2. The summed E-state index contributed by atoms with van der Waals surface area (Å²) in [6.07, 6.45) is 5.56. The Morgan fingerprint density at radius 2 is 0.964 bits per heavy atom. The van der Waals surface area contributed by atoms with Crippen molar-refractivity contribution in [2.24, 2.45) is 11.8 Å². The normalized spacial score (nSPS) is 33.0. The highest BCUT2D eigenvalue weighted by Gasteiger charge is 2.60. The Balaban J connectivity index is 1.45. The molecule has 0 radical (unpaired) electrons. The van der Waals surface area contributed by atoms with Gasteiger partial charge in [-0.3, -0.25) is 0 Å². The van der Waals surface area contributed by atoms with Crippen LogP contribution < -0.4 is 9.47 Å². The highest BCUT2D eigenvalue weighted by atomic mass is 16.5. The lowest BCUT2D eigenvalue weighted by Gasteiger charge is -2.60. The van der Waals surface area contributed by atoms with Gasteiger partial charge >= 0.3 is 0 Å². The van der Waals surface area contributed by atoms with Crippen LogP contribution in [0.1, 0.15) is 38.5 Å². The molecule has 6 heteroatoms. The van der Waals surface area contributed by atoms with Crippen molar-refractivity contribution in [3.8, 4) is 34.5 Å². The molecule has 4 bridgehead atoms. The summed E-state index contributed by atoms with van der Waals surface area (Å²) in [6.45, 7) is 0. The molecule has 2 aromatic rings. The predicted molar refractivity (Wildman–Crippen MR) is 101 cm³/mol. The second-order valence-corrected chi connectivity index (χ2v) is 8.90. The molecule has 0 saturated heterocycles. The number of hydrogen-bond acceptors (Lipinski definition) is 6. The molecule has 0 unspecified atom stereocenters. The SMILES string of the molecule is Oc1cc(O)cc(OC23CC4CC(C2)CC(Oc2cc(O)cc(O)c2)(C4)C3)c1. The molecule has 6 nitrogen and oxygen atoms in total. The monoisotopic (exact) mass is 384 g/mol. The second kappa shape index (κ2) is 5.87. The Morgan fingerprint density at radius 1 is 0.607 bits per heavy atom. The van der Waals surface area contributed by atoms with Gasteiger partial charge in [0, 0.05) is 42.8 Å². The largest absolute Gasteiger partial charge is 0.508 e. The van der Waals surface area contributed by atoms with E-state index >= 15 is 0 Å². The van der Waals surface area contributed by atoms with Crippen LogP contribution in [0.4, 0.5) is 0 Å². The van der Waals surface area contributed by atoms with Crippen LogP contribution in [0.25, 0.3) is 0 Å². The lowest BCUT2D eigenvalue weighted by atomic mass is 9.52. The zero-order chi connectivity index (χ0) is 19.5. The van der Waals surface area contributed by atoms with Gasteiger partial charge in [0.1, 0.15) is 45.7 Å². The van der Waals surface area contributed by atoms with E-state index in [4.69, 9.17) is 9.47 Å². The molecule has 4 saturated carbocycles. The molecule has 2 aromatic carbocycles. The number of hydrogen-bond donors (Lipinski definition) is 4. The fourth-order valence-electron chi connectivity index (χ4n) is 6.09. The third kappa shape index (κ3) is 3.07. The minimum absolute atomic E-state index is 0.0269. The van der Waals surface area contributed by atoms with E-state index in [9.17, 15) is 20.4 Å². The fraction of sp³-hybridized carbons (Fsp3) is 0.455. The summed E-state index contributed by atoms with van der Waals surface area (Å²) in [7, 11) is 0. The number of benzene rings is 2. The molecule has 0 heterocycles. The first-order valence-corrected chi connectivity index (χ1v) is 9.75. The number of rotatable bonds is 4. The van der Waals surface area contributed by atoms with Crippen LogP contribution in [0.2, 0.25) is 0 Å². The van der Waals surface area contributed by atoms with Crippen molar-refractivity contribution in [3.05, 3.63) is 36.4 Å². The molecule has 6 rings (SSSR count). The average molecular weight is 384 g/mol. The quantitative estimate of drug-likeness (QED) is 0.634. The van der Waals surface area contributed by atoms with E-state index in [1.54, 1.807) is 0 Å². The van der Waals surface area contributed by atoms with Gasteiger partial charge in [0.25, 0.3) is 0 Å². The first-order valence-electron chi connectivity index (χ1n) is 9.75. The van der Waals surface area contributed by atoms with E-state index in [0.717, 1.165) is 32.1 Å². The number of phenolic OH excluding ortho intramolecular Hbond substituents is 4. The van der Waals surface area contributed by atoms with Gasteiger partial charge in [-0.05, 0) is 43.9 Å². The van der Waals surface area contributed by atoms with E-state index in [1.165, 1.54) is 36.4 Å². The zero-order valence-electron chi connectivity index (χ0n) is 15.5. The first-order chi connectivity index (χ1) is 13.3. The van der Waals surface area contributed by atoms with Crippen LogP contribution in [0.15, 0.2) is 36.4 Å². The molecule has 0 spiro atoms. The van der Waals surface area contributed by atoms with Crippen LogP contribution in [-0.4, -0.2) is 31.6 Å². The summed E-state index contributed by atoms with van der Waals surface area (Å²) in [5.41, 5.74) is -0.799. The van der Waals surface area contributed by atoms with Crippen LogP contribution in [-0.2, 0) is 0 Å². The Morgan fingerprint density at radius 3 is 1.32 bits per heavy atom. The van der Waals surface area contributed by atoms with Crippen molar-refractivity contribution in [2.45, 2.75) is 49.7 Å². The van der Waals surface area contributed by atoms with Gasteiger partial charge < -0.3 is 29.9 Å². The summed E-state index contributed by atoms with van der Waals surface area (Å²) in [5, 5.41) is 39.2. The highest BCUT2D eigenvalue weighted by molar-refractivity contribution is 5.42. The minimum atomic E-state index is -0.400. The number of aromatic hydroxyl groups is 4. The van der Waals surface area contributed by atoms with Crippen LogP contribution in [0, 0.1) is 11.8 Å². The van der Waals surface area contributed by atoms with Crippen molar-refractivity contribution in [3.63, 3.8) is 0 Å². The van der Waals surface area contributed by atoms with Crippen molar-refractivity contribution in [1.29, 1.82) is 0 Å². The Hall–Kier alpha value is -2.76. The van der Waals surface area contributed by atoms with E-state index in [1.807, 2.05) is 0 Å². The summed E-state index contributed by atoms with van der Waals surface area (Å²) in [5.74, 6) is 1.79. The molecule has 0 atom stereocenters. The summed E-state index contributed by atoms with van der Waals surface area (Å²) in [6, 6.07) is 8.67. The van der Waals surface area contributed by atoms with Gasteiger partial charge in [-0.25, -0.2) is 0 Å². The molecule has 4 fully saturated rings. The maximum atomic E-state index is 9.79. The molecule has 0 amide bonds. The zero-order valence-corrected chi connectivity index (χ0v) is 15.5. The molecular formula is C22H24O6. The van der Waals surface area contributed by atoms with E-state index < -0.39 is 11.2 Å². The Bertz CT molecular complexity index is 797. The molecule has 4 aliphatic carbocycles. The summed E-state index contributed by atoms with van der Waals surface area (Å²) >= 11 is 0. The Kier molecular flexibility index (Phi) is 3.63. The van der Waals surface area contributed by atoms with Crippen LogP contribution >= 0.6 is 0 Å². The van der Waals surface area contributed by atoms with Crippen LogP contribution in [0.5, 0.6) is 34.5 Å². The van der Waals surface area contributed by atoms with Gasteiger partial charge in [-0.2, -0.15) is 0 Å². The first kappa shape index (κ1) is 17.3. The van der Waals surface area contributed by atoms with Gasteiger partial charge in [-0.1, -0.05) is 0 Å². The lowest BCUT2D eigenvalue weighted by molar-refractivity contribution is -0.177. The van der Waals surface area contributed by atoms with Gasteiger partial charge in [-0.15, -0.1) is 0 Å². The molecule has 0 aliphatic heterocycles. The Labute approximate surface area is 163 Å². The predicted octanol–water partition coefficient (Wildman–Crippen LogP) is 4.06. The highest BCUT2D eigenvalue weighted by Crippen LogP contribution is 2.60. The maximum absolute atomic E-state index is 9.79.